The molecule has 1 atom stereocenters. The van der Waals surface area contributed by atoms with Crippen molar-refractivity contribution >= 4 is 39.0 Å². The molecule has 0 fully saturated rings. The highest BCUT2D eigenvalue weighted by atomic mass is 32.3. The Morgan fingerprint density at radius 1 is 1.17 bits per heavy atom. The van der Waals surface area contributed by atoms with E-state index < -0.39 is 39.5 Å². The van der Waals surface area contributed by atoms with Gasteiger partial charge in [0.1, 0.15) is 27.5 Å². The molecule has 194 valence electrons. The van der Waals surface area contributed by atoms with Gasteiger partial charge in [0, 0.05) is 17.4 Å². The van der Waals surface area contributed by atoms with Crippen molar-refractivity contribution in [3.8, 4) is 5.88 Å². The average Bonchev–Trinajstić information content (AvgIpc) is 2.77. The van der Waals surface area contributed by atoms with E-state index in [4.69, 9.17) is 5.73 Å². The van der Waals surface area contributed by atoms with Gasteiger partial charge in [-0.1, -0.05) is 0 Å². The van der Waals surface area contributed by atoms with Gasteiger partial charge in [0.15, 0.2) is 12.4 Å². The van der Waals surface area contributed by atoms with Gasteiger partial charge in [-0.2, -0.15) is 23.8 Å². The Bertz CT molecular complexity index is 1350. The number of aromatic nitrogens is 3. The number of nitrogens with zero attached hydrogens (tertiary/aromatic N) is 4. The van der Waals surface area contributed by atoms with E-state index in [0.29, 0.717) is 5.69 Å². The number of pyridine rings is 1. The number of nitrogens with one attached hydrogen (secondary N) is 1. The summed E-state index contributed by atoms with van der Waals surface area (Å²) in [6, 6.07) is 5.54. The predicted molar refractivity (Wildman–Crippen MR) is 129 cm³/mol. The second-order valence-electron chi connectivity index (χ2n) is 9.05. The lowest BCUT2D eigenvalue weighted by Gasteiger charge is -2.53. The lowest BCUT2D eigenvalue weighted by Crippen LogP contribution is -2.52. The van der Waals surface area contributed by atoms with E-state index in [9.17, 15) is 26.7 Å². The third-order valence-electron chi connectivity index (χ3n) is 5.91. The van der Waals surface area contributed by atoms with Gasteiger partial charge in [-0.25, -0.2) is 19.3 Å². The smallest absolute Gasteiger partial charge is 0.422 e. The number of aliphatic imine (C=N–C) groups is 1. The zero-order chi connectivity index (χ0) is 26.5. The largest absolute Gasteiger partial charge is 0.467 e. The number of nitrogens with two attached hydrogens (primary N) is 1. The fourth-order valence-corrected chi connectivity index (χ4v) is 5.45. The highest BCUT2D eigenvalue weighted by Gasteiger charge is 2.49. The Labute approximate surface area is 205 Å². The molecule has 3 aromatic rings. The molecule has 14 heteroatoms. The third kappa shape index (κ3) is 4.88. The molecule has 36 heavy (non-hydrogen) atoms. The number of halogens is 4. The van der Waals surface area contributed by atoms with Crippen LogP contribution in [0.1, 0.15) is 26.3 Å². The molecule has 1 aromatic carbocycles. The summed E-state index contributed by atoms with van der Waals surface area (Å²) in [5.41, 5.74) is 5.62. The van der Waals surface area contributed by atoms with Crippen LogP contribution in [0.5, 0.6) is 5.88 Å². The molecule has 0 saturated heterocycles. The number of anilines is 2. The maximum Gasteiger partial charge on any atom is 0.422 e. The van der Waals surface area contributed by atoms with Crippen LogP contribution >= 0.6 is 10.6 Å². The first-order chi connectivity index (χ1) is 16.6. The lowest BCUT2D eigenvalue weighted by molar-refractivity contribution is -0.154. The molecule has 0 aliphatic carbocycles. The van der Waals surface area contributed by atoms with E-state index in [-0.39, 0.29) is 39.9 Å². The number of benzene rings is 1. The fraction of sp³-hybridized carbons (Fsp3) is 0.364. The van der Waals surface area contributed by atoms with E-state index >= 15 is 0 Å². The van der Waals surface area contributed by atoms with E-state index in [2.05, 4.69) is 30.0 Å². The molecule has 0 bridgehead atoms. The molecule has 1 aliphatic heterocycles. The molecular formula is C22H24F4N6O3S. The number of fused-ring (bicyclic) bond motifs is 1. The average molecular weight is 529 g/mol. The summed E-state index contributed by atoms with van der Waals surface area (Å²) in [7, 11) is -3.26. The minimum Gasteiger partial charge on any atom is -0.467 e. The molecule has 1 aliphatic rings. The normalized spacial score (nSPS) is 22.1. The zero-order valence-electron chi connectivity index (χ0n) is 19.5. The Hall–Kier alpha value is -3.23. The maximum atomic E-state index is 14.9. The molecule has 0 amide bonds. The first-order valence-electron chi connectivity index (χ1n) is 10.6. The number of amidine groups is 1. The van der Waals surface area contributed by atoms with Crippen LogP contribution < -0.4 is 15.8 Å². The summed E-state index contributed by atoms with van der Waals surface area (Å²) in [6.45, 7) is 3.20. The van der Waals surface area contributed by atoms with Gasteiger partial charge in [0.2, 0.25) is 5.88 Å². The molecule has 0 unspecified atom stereocenters. The Kier molecular flexibility index (Phi) is 6.25. The molecular weight excluding hydrogens is 504 g/mol. The molecule has 4 rings (SSSR count). The van der Waals surface area contributed by atoms with Crippen molar-refractivity contribution in [2.24, 2.45) is 10.7 Å². The monoisotopic (exact) mass is 528 g/mol. The summed E-state index contributed by atoms with van der Waals surface area (Å²) in [4.78, 5) is 16.8. The highest BCUT2D eigenvalue weighted by molar-refractivity contribution is 8.26. The van der Waals surface area contributed by atoms with E-state index in [1.807, 2.05) is 0 Å². The summed E-state index contributed by atoms with van der Waals surface area (Å²) < 4.78 is 77.2. The topological polar surface area (TPSA) is 139 Å². The number of alkyl halides is 3. The molecule has 0 spiro atoms. The van der Waals surface area contributed by atoms with Crippen LogP contribution in [-0.4, -0.2) is 53.2 Å². The van der Waals surface area contributed by atoms with E-state index in [1.54, 1.807) is 20.8 Å². The Morgan fingerprint density at radius 2 is 1.89 bits per heavy atom. The standard InChI is InChI=1S/C22H24F4N6O3S/c1-20(2)19(27)32-21(3,11-36(20,33)34)13-8-12(4-5-14(13)23)30-18-17-15(6-7-28-18)31-16(9-29-17)35-10-22(24,25)26/h4-9,33-34H,10-11H2,1-3H3,(H2,27,32)(H,28,30)/t21-/m0/s1. The maximum absolute atomic E-state index is 14.9. The lowest BCUT2D eigenvalue weighted by atomic mass is 9.92. The van der Waals surface area contributed by atoms with E-state index in [0.717, 1.165) is 6.20 Å². The first kappa shape index (κ1) is 25.9. The van der Waals surface area contributed by atoms with Crippen molar-refractivity contribution in [1.29, 1.82) is 0 Å². The minimum absolute atomic E-state index is 0.00329. The van der Waals surface area contributed by atoms with Crippen LogP contribution in [0, 0.1) is 5.82 Å². The SMILES string of the molecule is CC1(C)C(N)=N[C@](C)(c2cc(Nc3nccc4nc(OCC(F)(F)F)cnc34)ccc2F)CS1(O)O. The number of hydrogen-bond acceptors (Lipinski definition) is 9. The van der Waals surface area contributed by atoms with Crippen molar-refractivity contribution < 1.29 is 31.4 Å². The van der Waals surface area contributed by atoms with Crippen LogP contribution in [0.4, 0.5) is 29.1 Å². The van der Waals surface area contributed by atoms with Gasteiger partial charge < -0.3 is 15.8 Å². The second-order valence-corrected chi connectivity index (χ2v) is 11.7. The van der Waals surface area contributed by atoms with Gasteiger partial charge in [-0.15, -0.1) is 0 Å². The van der Waals surface area contributed by atoms with Gasteiger partial charge in [-0.3, -0.25) is 14.1 Å². The van der Waals surface area contributed by atoms with Gasteiger partial charge in [-0.05, 0) is 45.0 Å². The molecule has 5 N–H and O–H groups in total. The van der Waals surface area contributed by atoms with Gasteiger partial charge in [0.05, 0.1) is 17.5 Å². The summed E-state index contributed by atoms with van der Waals surface area (Å²) in [6.07, 6.45) is -2.10. The van der Waals surface area contributed by atoms with Crippen molar-refractivity contribution in [3.05, 3.63) is 48.0 Å². The third-order valence-corrected chi connectivity index (χ3v) is 8.72. The molecule has 9 nitrogen and oxygen atoms in total. The predicted octanol–water partition coefficient (Wildman–Crippen LogP) is 4.96. The van der Waals surface area contributed by atoms with Gasteiger partial charge in [0.25, 0.3) is 0 Å². The van der Waals surface area contributed by atoms with Gasteiger partial charge >= 0.3 is 6.18 Å². The molecule has 3 heterocycles. The molecule has 0 saturated carbocycles. The highest BCUT2D eigenvalue weighted by Crippen LogP contribution is 2.59. The van der Waals surface area contributed by atoms with Crippen LogP contribution in [0.25, 0.3) is 11.0 Å². The molecule has 2 aromatic heterocycles. The van der Waals surface area contributed by atoms with E-state index in [1.165, 1.54) is 30.5 Å². The van der Waals surface area contributed by atoms with Crippen LogP contribution in [0.3, 0.4) is 0 Å². The van der Waals surface area contributed by atoms with Crippen molar-refractivity contribution in [1.82, 2.24) is 15.0 Å². The number of ether oxygens (including phenoxy) is 1. The van der Waals surface area contributed by atoms with Crippen molar-refractivity contribution in [3.63, 3.8) is 0 Å². The summed E-state index contributed by atoms with van der Waals surface area (Å²) >= 11 is 0. The number of hydrogen-bond donors (Lipinski definition) is 4. The summed E-state index contributed by atoms with van der Waals surface area (Å²) in [5.74, 6) is -0.937. The fourth-order valence-electron chi connectivity index (χ4n) is 3.71. The minimum atomic E-state index is -4.52. The quantitative estimate of drug-likeness (QED) is 0.341. The van der Waals surface area contributed by atoms with Crippen molar-refractivity contribution in [2.45, 2.75) is 37.2 Å². The summed E-state index contributed by atoms with van der Waals surface area (Å²) in [5, 5.41) is 3.00. The second kappa shape index (κ2) is 8.71. The number of rotatable bonds is 5. The zero-order valence-corrected chi connectivity index (χ0v) is 20.3. The Morgan fingerprint density at radius 3 is 2.56 bits per heavy atom. The Balaban J connectivity index is 1.67. The first-order valence-corrected chi connectivity index (χ1v) is 12.3. The van der Waals surface area contributed by atoms with Crippen LogP contribution in [0.15, 0.2) is 41.7 Å². The van der Waals surface area contributed by atoms with Crippen LogP contribution in [-0.2, 0) is 5.54 Å². The van der Waals surface area contributed by atoms with Crippen LogP contribution in [0.2, 0.25) is 0 Å². The molecule has 0 radical (unpaired) electrons. The van der Waals surface area contributed by atoms with Crippen molar-refractivity contribution in [2.75, 3.05) is 17.7 Å².